The Morgan fingerprint density at radius 3 is 2.68 bits per heavy atom. The average Bonchev–Trinajstić information content (AvgIpc) is 2.41. The van der Waals surface area contributed by atoms with Gasteiger partial charge in [-0.1, -0.05) is 30.3 Å². The zero-order chi connectivity index (χ0) is 13.7. The predicted octanol–water partition coefficient (Wildman–Crippen LogP) is 0.891. The fourth-order valence-electron chi connectivity index (χ4n) is 1.78. The number of nitrogens with zero attached hydrogens (tertiary/aromatic N) is 1. The molecule has 2 aromatic rings. The van der Waals surface area contributed by atoms with Crippen molar-refractivity contribution < 1.29 is 0 Å². The number of aromatic nitrogens is 3. The van der Waals surface area contributed by atoms with Gasteiger partial charge in [0.15, 0.2) is 0 Å². The van der Waals surface area contributed by atoms with Gasteiger partial charge in [0.25, 0.3) is 5.56 Å². The zero-order valence-electron chi connectivity index (χ0n) is 10.6. The highest BCUT2D eigenvalue weighted by atomic mass is 16.2. The summed E-state index contributed by atoms with van der Waals surface area (Å²) in [5.41, 5.74) is 0.141. The standard InChI is InChI=1S/C13H16N4O2/c1-9(7-8-10-5-3-2-4-6-10)14-11-12(18)15-13(19)17-16-11/h2-6,9H,7-8H2,1H3,(H,14,16)(H2,15,17,18,19). The topological polar surface area (TPSA) is 90.6 Å². The Balaban J connectivity index is 1.92. The molecule has 19 heavy (non-hydrogen) atoms. The van der Waals surface area contributed by atoms with E-state index in [9.17, 15) is 9.59 Å². The predicted molar refractivity (Wildman–Crippen MR) is 73.3 cm³/mol. The molecule has 0 aliphatic carbocycles. The first-order valence-electron chi connectivity index (χ1n) is 6.14. The number of nitrogens with one attached hydrogen (secondary N) is 3. The summed E-state index contributed by atoms with van der Waals surface area (Å²) in [5, 5.41) is 8.86. The van der Waals surface area contributed by atoms with Crippen LogP contribution >= 0.6 is 0 Å². The molecule has 6 heteroatoms. The highest BCUT2D eigenvalue weighted by Crippen LogP contribution is 2.06. The number of aromatic amines is 2. The number of hydrogen-bond donors (Lipinski definition) is 3. The van der Waals surface area contributed by atoms with Crippen LogP contribution < -0.4 is 16.6 Å². The average molecular weight is 260 g/mol. The summed E-state index contributed by atoms with van der Waals surface area (Å²) in [6.45, 7) is 1.97. The summed E-state index contributed by atoms with van der Waals surface area (Å²) in [7, 11) is 0. The quantitative estimate of drug-likeness (QED) is 0.744. The molecule has 1 heterocycles. The Morgan fingerprint density at radius 2 is 2.00 bits per heavy atom. The molecule has 0 fully saturated rings. The van der Waals surface area contributed by atoms with Gasteiger partial charge in [-0.3, -0.25) is 9.78 Å². The van der Waals surface area contributed by atoms with Crippen molar-refractivity contribution in [2.24, 2.45) is 0 Å². The molecule has 2 rings (SSSR count). The zero-order valence-corrected chi connectivity index (χ0v) is 10.6. The van der Waals surface area contributed by atoms with Gasteiger partial charge in [-0.05, 0) is 25.3 Å². The van der Waals surface area contributed by atoms with E-state index >= 15 is 0 Å². The lowest BCUT2D eigenvalue weighted by molar-refractivity contribution is 0.695. The second-order valence-electron chi connectivity index (χ2n) is 4.43. The lowest BCUT2D eigenvalue weighted by Gasteiger charge is -2.13. The molecule has 1 aromatic heterocycles. The van der Waals surface area contributed by atoms with Gasteiger partial charge >= 0.3 is 5.69 Å². The highest BCUT2D eigenvalue weighted by Gasteiger charge is 2.07. The second kappa shape index (κ2) is 5.99. The summed E-state index contributed by atoms with van der Waals surface area (Å²) >= 11 is 0. The monoisotopic (exact) mass is 260 g/mol. The molecule has 0 bridgehead atoms. The van der Waals surface area contributed by atoms with E-state index in [1.54, 1.807) is 0 Å². The molecule has 0 aliphatic heterocycles. The molecular weight excluding hydrogens is 244 g/mol. The molecule has 6 nitrogen and oxygen atoms in total. The van der Waals surface area contributed by atoms with E-state index in [0.717, 1.165) is 12.8 Å². The number of aryl methyl sites for hydroxylation is 1. The summed E-state index contributed by atoms with van der Waals surface area (Å²) < 4.78 is 0. The lowest BCUT2D eigenvalue weighted by atomic mass is 10.1. The van der Waals surface area contributed by atoms with Crippen LogP contribution in [-0.4, -0.2) is 21.2 Å². The summed E-state index contributed by atoms with van der Waals surface area (Å²) in [5.74, 6) is 0.139. The molecular formula is C13H16N4O2. The van der Waals surface area contributed by atoms with Gasteiger partial charge in [0.05, 0.1) is 0 Å². The Labute approximate surface area is 109 Å². The van der Waals surface area contributed by atoms with Crippen molar-refractivity contribution in [3.8, 4) is 0 Å². The molecule has 1 unspecified atom stereocenters. The smallest absolute Gasteiger partial charge is 0.342 e. The van der Waals surface area contributed by atoms with Gasteiger partial charge in [0.1, 0.15) is 0 Å². The first-order chi connectivity index (χ1) is 9.15. The molecule has 100 valence electrons. The van der Waals surface area contributed by atoms with Crippen molar-refractivity contribution in [1.29, 1.82) is 0 Å². The molecule has 0 saturated heterocycles. The van der Waals surface area contributed by atoms with Crippen LogP contribution in [0.25, 0.3) is 0 Å². The Morgan fingerprint density at radius 1 is 1.26 bits per heavy atom. The maximum absolute atomic E-state index is 11.4. The third-order valence-electron chi connectivity index (χ3n) is 2.80. The van der Waals surface area contributed by atoms with Crippen molar-refractivity contribution in [2.45, 2.75) is 25.8 Å². The summed E-state index contributed by atoms with van der Waals surface area (Å²) in [6.07, 6.45) is 1.78. The van der Waals surface area contributed by atoms with E-state index in [4.69, 9.17) is 0 Å². The van der Waals surface area contributed by atoms with Gasteiger partial charge in [-0.25, -0.2) is 9.89 Å². The van der Waals surface area contributed by atoms with Crippen LogP contribution in [-0.2, 0) is 6.42 Å². The largest absolute Gasteiger partial charge is 0.362 e. The molecule has 0 spiro atoms. The minimum absolute atomic E-state index is 0.0831. The van der Waals surface area contributed by atoms with Crippen molar-refractivity contribution >= 4 is 5.82 Å². The van der Waals surface area contributed by atoms with Gasteiger partial charge in [0.2, 0.25) is 5.82 Å². The molecule has 0 radical (unpaired) electrons. The van der Waals surface area contributed by atoms with Gasteiger partial charge in [0, 0.05) is 6.04 Å². The van der Waals surface area contributed by atoms with Crippen LogP contribution in [0, 0.1) is 0 Å². The van der Waals surface area contributed by atoms with E-state index in [2.05, 4.69) is 32.6 Å². The third-order valence-corrected chi connectivity index (χ3v) is 2.80. The van der Waals surface area contributed by atoms with Crippen LogP contribution in [0.15, 0.2) is 39.9 Å². The van der Waals surface area contributed by atoms with Gasteiger partial charge in [-0.2, -0.15) is 0 Å². The fourth-order valence-corrected chi connectivity index (χ4v) is 1.78. The van der Waals surface area contributed by atoms with Crippen LogP contribution in [0.3, 0.4) is 0 Å². The van der Waals surface area contributed by atoms with Crippen LogP contribution in [0.2, 0.25) is 0 Å². The minimum Gasteiger partial charge on any atom is -0.362 e. The molecule has 0 aliphatic rings. The lowest BCUT2D eigenvalue weighted by Crippen LogP contribution is -2.29. The van der Waals surface area contributed by atoms with Gasteiger partial charge in [-0.15, -0.1) is 5.10 Å². The Kier molecular flexibility index (Phi) is 4.12. The summed E-state index contributed by atoms with van der Waals surface area (Å²) in [4.78, 5) is 24.4. The minimum atomic E-state index is -0.604. The summed E-state index contributed by atoms with van der Waals surface area (Å²) in [6, 6.07) is 10.2. The molecule has 3 N–H and O–H groups in total. The molecule has 1 aromatic carbocycles. The SMILES string of the molecule is CC(CCc1ccccc1)Nc1n[nH]c(=O)[nH]c1=O. The van der Waals surface area contributed by atoms with Crippen molar-refractivity contribution in [3.63, 3.8) is 0 Å². The molecule has 0 amide bonds. The maximum atomic E-state index is 11.4. The first-order valence-corrected chi connectivity index (χ1v) is 6.14. The maximum Gasteiger partial charge on any atom is 0.342 e. The van der Waals surface area contributed by atoms with E-state index in [1.807, 2.05) is 25.1 Å². The second-order valence-corrected chi connectivity index (χ2v) is 4.43. The van der Waals surface area contributed by atoms with Crippen molar-refractivity contribution in [1.82, 2.24) is 15.2 Å². The molecule has 1 atom stereocenters. The van der Waals surface area contributed by atoms with Crippen molar-refractivity contribution in [2.75, 3.05) is 5.32 Å². The fraction of sp³-hybridized carbons (Fsp3) is 0.308. The van der Waals surface area contributed by atoms with Crippen LogP contribution in [0.4, 0.5) is 5.82 Å². The number of anilines is 1. The van der Waals surface area contributed by atoms with Crippen LogP contribution in [0.1, 0.15) is 18.9 Å². The van der Waals surface area contributed by atoms with Gasteiger partial charge < -0.3 is 5.32 Å². The van der Waals surface area contributed by atoms with E-state index in [0.29, 0.717) is 0 Å². The number of hydrogen-bond acceptors (Lipinski definition) is 4. The highest BCUT2D eigenvalue weighted by molar-refractivity contribution is 5.30. The Hall–Kier alpha value is -2.37. The number of benzene rings is 1. The first kappa shape index (κ1) is 13.1. The third kappa shape index (κ3) is 3.80. The van der Waals surface area contributed by atoms with E-state index in [1.165, 1.54) is 5.56 Å². The van der Waals surface area contributed by atoms with Crippen molar-refractivity contribution in [3.05, 3.63) is 56.7 Å². The van der Waals surface area contributed by atoms with E-state index < -0.39 is 11.2 Å². The Bertz CT molecular complexity index is 633. The number of rotatable bonds is 5. The van der Waals surface area contributed by atoms with E-state index in [-0.39, 0.29) is 11.9 Å². The number of H-pyrrole nitrogens is 2. The van der Waals surface area contributed by atoms with Crippen LogP contribution in [0.5, 0.6) is 0 Å². The normalized spacial score (nSPS) is 12.1. The molecule has 0 saturated carbocycles.